The van der Waals surface area contributed by atoms with E-state index in [1.165, 1.54) is 18.2 Å². The minimum absolute atomic E-state index is 0.0658. The second-order valence-electron chi connectivity index (χ2n) is 7.20. The molecule has 0 aliphatic carbocycles. The Balaban J connectivity index is 1.50. The lowest BCUT2D eigenvalue weighted by Gasteiger charge is -2.15. The second-order valence-corrected chi connectivity index (χ2v) is 7.20. The fourth-order valence-corrected chi connectivity index (χ4v) is 3.43. The van der Waals surface area contributed by atoms with Crippen molar-refractivity contribution < 1.29 is 14.3 Å². The first-order valence-electron chi connectivity index (χ1n) is 10.2. The van der Waals surface area contributed by atoms with Crippen molar-refractivity contribution in [2.75, 3.05) is 7.11 Å². The molecule has 29 heavy (non-hydrogen) atoms. The lowest BCUT2D eigenvalue weighted by molar-refractivity contribution is -0.145. The van der Waals surface area contributed by atoms with E-state index in [0.717, 1.165) is 43.6 Å². The molecule has 0 N–H and O–H groups in total. The lowest BCUT2D eigenvalue weighted by atomic mass is 9.93. The standard InChI is InChI=1S/C26H28O3/c1-28-26(27)23(12-8-11-21-9-4-2-5-10-21)18-15-22-16-19-25(20-17-22)29-24-13-6-3-7-14-24/h2-7,9-10,13-14,16-17,19-20,23H,8,11-12,15,18H2,1H3. The molecule has 0 heterocycles. The summed E-state index contributed by atoms with van der Waals surface area (Å²) in [6.07, 6.45) is 4.45. The Morgan fingerprint density at radius 2 is 1.31 bits per heavy atom. The predicted octanol–water partition coefficient (Wildman–Crippen LogP) is 6.22. The molecule has 3 nitrogen and oxygen atoms in total. The van der Waals surface area contributed by atoms with Crippen molar-refractivity contribution in [3.05, 3.63) is 96.1 Å². The maximum Gasteiger partial charge on any atom is 0.308 e. The van der Waals surface area contributed by atoms with Crippen molar-refractivity contribution in [1.82, 2.24) is 0 Å². The number of hydrogen-bond donors (Lipinski definition) is 0. The number of carbonyl (C=O) groups excluding carboxylic acids is 1. The number of rotatable bonds is 10. The van der Waals surface area contributed by atoms with Crippen LogP contribution in [0.4, 0.5) is 0 Å². The van der Waals surface area contributed by atoms with Crippen LogP contribution < -0.4 is 4.74 Å². The number of aryl methyl sites for hydroxylation is 2. The quantitative estimate of drug-likeness (QED) is 0.387. The van der Waals surface area contributed by atoms with Crippen LogP contribution in [0, 0.1) is 5.92 Å². The van der Waals surface area contributed by atoms with Crippen LogP contribution in [0.15, 0.2) is 84.9 Å². The number of ether oxygens (including phenoxy) is 2. The first-order chi connectivity index (χ1) is 14.2. The molecular weight excluding hydrogens is 360 g/mol. The van der Waals surface area contributed by atoms with E-state index in [9.17, 15) is 4.79 Å². The molecule has 3 aromatic carbocycles. The maximum atomic E-state index is 12.2. The van der Waals surface area contributed by atoms with Gasteiger partial charge in [-0.25, -0.2) is 0 Å². The number of methoxy groups -OCH3 is 1. The van der Waals surface area contributed by atoms with Gasteiger partial charge in [0.15, 0.2) is 0 Å². The third kappa shape index (κ3) is 6.79. The highest BCUT2D eigenvalue weighted by atomic mass is 16.5. The normalized spacial score (nSPS) is 11.6. The Hall–Kier alpha value is -3.07. The number of esters is 1. The average Bonchev–Trinajstić information content (AvgIpc) is 2.78. The maximum absolute atomic E-state index is 12.2. The summed E-state index contributed by atoms with van der Waals surface area (Å²) in [6.45, 7) is 0. The first kappa shape index (κ1) is 20.7. The minimum Gasteiger partial charge on any atom is -0.469 e. The van der Waals surface area contributed by atoms with E-state index in [1.807, 2.05) is 48.5 Å². The number of carbonyl (C=O) groups is 1. The third-order valence-corrected chi connectivity index (χ3v) is 5.08. The molecule has 0 saturated carbocycles. The van der Waals surface area contributed by atoms with Gasteiger partial charge in [-0.05, 0) is 67.5 Å². The van der Waals surface area contributed by atoms with Crippen molar-refractivity contribution in [3.8, 4) is 11.5 Å². The van der Waals surface area contributed by atoms with E-state index < -0.39 is 0 Å². The summed E-state index contributed by atoms with van der Waals surface area (Å²) in [5, 5.41) is 0. The van der Waals surface area contributed by atoms with Crippen LogP contribution >= 0.6 is 0 Å². The molecule has 0 aliphatic heterocycles. The predicted molar refractivity (Wildman–Crippen MR) is 116 cm³/mol. The zero-order chi connectivity index (χ0) is 20.3. The molecule has 1 unspecified atom stereocenters. The van der Waals surface area contributed by atoms with Crippen LogP contribution in [-0.4, -0.2) is 13.1 Å². The molecule has 3 rings (SSSR count). The monoisotopic (exact) mass is 388 g/mol. The molecule has 0 bridgehead atoms. The molecule has 0 spiro atoms. The van der Waals surface area contributed by atoms with Crippen LogP contribution in [-0.2, 0) is 22.4 Å². The van der Waals surface area contributed by atoms with Gasteiger partial charge in [-0.3, -0.25) is 4.79 Å². The Morgan fingerprint density at radius 3 is 1.97 bits per heavy atom. The Kier molecular flexibility index (Phi) is 7.88. The Labute approximate surface area is 173 Å². The van der Waals surface area contributed by atoms with Gasteiger partial charge in [0.1, 0.15) is 11.5 Å². The molecule has 3 aromatic rings. The Morgan fingerprint density at radius 1 is 0.724 bits per heavy atom. The van der Waals surface area contributed by atoms with Gasteiger partial charge in [-0.1, -0.05) is 60.7 Å². The summed E-state index contributed by atoms with van der Waals surface area (Å²) in [7, 11) is 1.47. The van der Waals surface area contributed by atoms with Crippen LogP contribution in [0.2, 0.25) is 0 Å². The molecule has 0 aromatic heterocycles. The Bertz CT molecular complexity index is 857. The third-order valence-electron chi connectivity index (χ3n) is 5.08. The largest absolute Gasteiger partial charge is 0.469 e. The number of hydrogen-bond acceptors (Lipinski definition) is 3. The van der Waals surface area contributed by atoms with E-state index in [0.29, 0.717) is 0 Å². The van der Waals surface area contributed by atoms with Gasteiger partial charge in [0, 0.05) is 0 Å². The fraction of sp³-hybridized carbons (Fsp3) is 0.269. The molecule has 0 saturated heterocycles. The van der Waals surface area contributed by atoms with Gasteiger partial charge in [0.05, 0.1) is 13.0 Å². The van der Waals surface area contributed by atoms with Gasteiger partial charge in [-0.15, -0.1) is 0 Å². The highest BCUT2D eigenvalue weighted by molar-refractivity contribution is 5.72. The van der Waals surface area contributed by atoms with Gasteiger partial charge in [-0.2, -0.15) is 0 Å². The van der Waals surface area contributed by atoms with Crippen LogP contribution in [0.25, 0.3) is 0 Å². The molecule has 0 aliphatic rings. The molecule has 0 fully saturated rings. The van der Waals surface area contributed by atoms with Crippen molar-refractivity contribution in [3.63, 3.8) is 0 Å². The zero-order valence-corrected chi connectivity index (χ0v) is 16.9. The van der Waals surface area contributed by atoms with E-state index >= 15 is 0 Å². The van der Waals surface area contributed by atoms with E-state index in [1.54, 1.807) is 0 Å². The summed E-state index contributed by atoms with van der Waals surface area (Å²) >= 11 is 0. The number of para-hydroxylation sites is 1. The fourth-order valence-electron chi connectivity index (χ4n) is 3.43. The van der Waals surface area contributed by atoms with E-state index in [4.69, 9.17) is 9.47 Å². The van der Waals surface area contributed by atoms with E-state index in [2.05, 4.69) is 36.4 Å². The topological polar surface area (TPSA) is 35.5 Å². The summed E-state index contributed by atoms with van der Waals surface area (Å²) in [6, 6.07) is 28.2. The SMILES string of the molecule is COC(=O)C(CCCc1ccccc1)CCc1ccc(Oc2ccccc2)cc1. The van der Waals surface area contributed by atoms with Crippen LogP contribution in [0.1, 0.15) is 30.4 Å². The summed E-state index contributed by atoms with van der Waals surface area (Å²) in [5.74, 6) is 1.46. The molecule has 0 amide bonds. The van der Waals surface area contributed by atoms with Crippen LogP contribution in [0.5, 0.6) is 11.5 Å². The van der Waals surface area contributed by atoms with Crippen molar-refractivity contribution in [2.45, 2.75) is 32.1 Å². The van der Waals surface area contributed by atoms with Crippen molar-refractivity contribution in [1.29, 1.82) is 0 Å². The highest BCUT2D eigenvalue weighted by Gasteiger charge is 2.18. The van der Waals surface area contributed by atoms with Gasteiger partial charge >= 0.3 is 5.97 Å². The first-order valence-corrected chi connectivity index (χ1v) is 10.2. The summed E-state index contributed by atoms with van der Waals surface area (Å²) in [5.41, 5.74) is 2.51. The highest BCUT2D eigenvalue weighted by Crippen LogP contribution is 2.23. The summed E-state index contributed by atoms with van der Waals surface area (Å²) in [4.78, 5) is 12.2. The van der Waals surface area contributed by atoms with Gasteiger partial charge in [0.25, 0.3) is 0 Å². The minimum atomic E-state index is -0.109. The molecule has 0 radical (unpaired) electrons. The smallest absolute Gasteiger partial charge is 0.308 e. The number of benzene rings is 3. The average molecular weight is 389 g/mol. The summed E-state index contributed by atoms with van der Waals surface area (Å²) < 4.78 is 10.9. The van der Waals surface area contributed by atoms with E-state index in [-0.39, 0.29) is 11.9 Å². The lowest BCUT2D eigenvalue weighted by Crippen LogP contribution is -2.17. The van der Waals surface area contributed by atoms with Crippen LogP contribution in [0.3, 0.4) is 0 Å². The van der Waals surface area contributed by atoms with Gasteiger partial charge in [0.2, 0.25) is 0 Å². The molecule has 3 heteroatoms. The molecule has 150 valence electrons. The zero-order valence-electron chi connectivity index (χ0n) is 16.9. The molecular formula is C26H28O3. The van der Waals surface area contributed by atoms with Crippen molar-refractivity contribution >= 4 is 5.97 Å². The van der Waals surface area contributed by atoms with Crippen molar-refractivity contribution in [2.24, 2.45) is 5.92 Å². The van der Waals surface area contributed by atoms with Gasteiger partial charge < -0.3 is 9.47 Å². The molecule has 1 atom stereocenters. The second kappa shape index (κ2) is 11.1.